The minimum absolute atomic E-state index is 0.0640. The Kier molecular flexibility index (Phi) is 3.43. The first kappa shape index (κ1) is 12.7. The first-order valence-electron chi connectivity index (χ1n) is 6.07. The highest BCUT2D eigenvalue weighted by molar-refractivity contribution is 5.97. The predicted octanol–water partition coefficient (Wildman–Crippen LogP) is 0.957. The second-order valence-corrected chi connectivity index (χ2v) is 4.92. The van der Waals surface area contributed by atoms with E-state index in [-0.39, 0.29) is 28.4 Å². The van der Waals surface area contributed by atoms with Gasteiger partial charge in [-0.05, 0) is 43.4 Å². The number of hydrogen-bond donors (Lipinski definition) is 4. The van der Waals surface area contributed by atoms with Gasteiger partial charge in [-0.1, -0.05) is 0 Å². The molecule has 5 N–H and O–H groups in total. The molecule has 0 aliphatic heterocycles. The maximum Gasteiger partial charge on any atom is 0.255 e. The van der Waals surface area contributed by atoms with Crippen molar-refractivity contribution in [1.82, 2.24) is 5.32 Å². The van der Waals surface area contributed by atoms with E-state index in [1.54, 1.807) is 0 Å². The third-order valence-electron chi connectivity index (χ3n) is 3.48. The number of nitrogens with one attached hydrogen (secondary N) is 1. The number of amides is 1. The highest BCUT2D eigenvalue weighted by Crippen LogP contribution is 2.47. The van der Waals surface area contributed by atoms with E-state index < -0.39 is 0 Å². The number of phenolic OH excluding ortho intramolecular Hbond substituents is 2. The largest absolute Gasteiger partial charge is 0.508 e. The monoisotopic (exact) mass is 250 g/mol. The maximum atomic E-state index is 11.9. The van der Waals surface area contributed by atoms with Crippen molar-refractivity contribution in [3.05, 3.63) is 23.8 Å². The summed E-state index contributed by atoms with van der Waals surface area (Å²) in [6, 6.07) is 3.94. The van der Waals surface area contributed by atoms with Gasteiger partial charge in [0.25, 0.3) is 5.91 Å². The van der Waals surface area contributed by atoms with E-state index in [0.29, 0.717) is 13.1 Å². The van der Waals surface area contributed by atoms with Crippen LogP contribution in [0.2, 0.25) is 0 Å². The molecule has 0 aromatic heterocycles. The fraction of sp³-hybridized carbons (Fsp3) is 0.462. The lowest BCUT2D eigenvalue weighted by molar-refractivity contribution is 0.0941. The Morgan fingerprint density at radius 1 is 1.39 bits per heavy atom. The van der Waals surface area contributed by atoms with Crippen molar-refractivity contribution >= 4 is 5.91 Å². The molecule has 1 fully saturated rings. The van der Waals surface area contributed by atoms with Gasteiger partial charge in [0.15, 0.2) is 0 Å². The number of rotatable bonds is 5. The number of nitrogens with two attached hydrogens (primary N) is 1. The van der Waals surface area contributed by atoms with E-state index in [1.807, 2.05) is 0 Å². The van der Waals surface area contributed by atoms with Crippen molar-refractivity contribution in [3.63, 3.8) is 0 Å². The van der Waals surface area contributed by atoms with Gasteiger partial charge in [-0.25, -0.2) is 0 Å². The summed E-state index contributed by atoms with van der Waals surface area (Å²) in [5.41, 5.74) is 5.87. The Morgan fingerprint density at radius 2 is 2.11 bits per heavy atom. The van der Waals surface area contributed by atoms with Gasteiger partial charge in [0, 0.05) is 12.6 Å². The van der Waals surface area contributed by atoms with Crippen LogP contribution >= 0.6 is 0 Å². The van der Waals surface area contributed by atoms with Crippen LogP contribution in [0.3, 0.4) is 0 Å². The third kappa shape index (κ3) is 2.73. The summed E-state index contributed by atoms with van der Waals surface area (Å²) >= 11 is 0. The van der Waals surface area contributed by atoms with Crippen LogP contribution in [0.5, 0.6) is 11.5 Å². The van der Waals surface area contributed by atoms with Crippen molar-refractivity contribution in [2.24, 2.45) is 11.1 Å². The van der Waals surface area contributed by atoms with Gasteiger partial charge >= 0.3 is 0 Å². The van der Waals surface area contributed by atoms with Crippen LogP contribution in [-0.4, -0.2) is 29.2 Å². The van der Waals surface area contributed by atoms with Crippen LogP contribution in [0.4, 0.5) is 0 Å². The third-order valence-corrected chi connectivity index (χ3v) is 3.48. The molecular formula is C13H18N2O3. The molecule has 2 rings (SSSR count). The number of carbonyl (C=O) groups excluding carboxylic acids is 1. The van der Waals surface area contributed by atoms with E-state index >= 15 is 0 Å². The fourth-order valence-corrected chi connectivity index (χ4v) is 2.07. The predicted molar refractivity (Wildman–Crippen MR) is 67.4 cm³/mol. The van der Waals surface area contributed by atoms with E-state index in [1.165, 1.54) is 12.1 Å². The average molecular weight is 250 g/mol. The molecule has 0 spiro atoms. The van der Waals surface area contributed by atoms with E-state index in [9.17, 15) is 9.90 Å². The summed E-state index contributed by atoms with van der Waals surface area (Å²) in [5, 5.41) is 21.5. The Balaban J connectivity index is 1.96. The van der Waals surface area contributed by atoms with Gasteiger partial charge in [-0.3, -0.25) is 4.79 Å². The second kappa shape index (κ2) is 4.86. The molecule has 1 aliphatic rings. The molecule has 1 amide bonds. The molecule has 18 heavy (non-hydrogen) atoms. The van der Waals surface area contributed by atoms with Gasteiger partial charge in [0.2, 0.25) is 0 Å². The van der Waals surface area contributed by atoms with E-state index in [0.717, 1.165) is 25.3 Å². The number of benzene rings is 1. The van der Waals surface area contributed by atoms with Gasteiger partial charge in [0.1, 0.15) is 11.5 Å². The van der Waals surface area contributed by atoms with Crippen molar-refractivity contribution < 1.29 is 15.0 Å². The summed E-state index contributed by atoms with van der Waals surface area (Å²) in [5.74, 6) is -0.599. The first-order chi connectivity index (χ1) is 8.56. The standard InChI is InChI=1S/C13H18N2O3/c14-6-5-13(3-4-13)8-15-12(18)10-2-1-9(16)7-11(10)17/h1-2,7,16-17H,3-6,8,14H2,(H,15,18). The van der Waals surface area contributed by atoms with Gasteiger partial charge in [0.05, 0.1) is 5.56 Å². The highest BCUT2D eigenvalue weighted by Gasteiger charge is 2.41. The van der Waals surface area contributed by atoms with Crippen molar-refractivity contribution in [1.29, 1.82) is 0 Å². The summed E-state index contributed by atoms with van der Waals surface area (Å²) in [6.07, 6.45) is 3.09. The van der Waals surface area contributed by atoms with Gasteiger partial charge in [-0.2, -0.15) is 0 Å². The lowest BCUT2D eigenvalue weighted by atomic mass is 10.0. The fourth-order valence-electron chi connectivity index (χ4n) is 2.07. The molecule has 1 aromatic carbocycles. The molecule has 0 heterocycles. The Bertz CT molecular complexity index is 456. The summed E-state index contributed by atoms with van der Waals surface area (Å²) in [7, 11) is 0. The SMILES string of the molecule is NCCC1(CNC(=O)c2ccc(O)cc2O)CC1. The Morgan fingerprint density at radius 3 is 2.67 bits per heavy atom. The quantitative estimate of drug-likeness (QED) is 0.626. The van der Waals surface area contributed by atoms with E-state index in [2.05, 4.69) is 5.32 Å². The minimum atomic E-state index is -0.323. The molecule has 1 aromatic rings. The van der Waals surface area contributed by atoms with Gasteiger partial charge < -0.3 is 21.3 Å². The number of aromatic hydroxyl groups is 2. The first-order valence-corrected chi connectivity index (χ1v) is 6.07. The molecule has 1 saturated carbocycles. The van der Waals surface area contributed by atoms with Crippen molar-refractivity contribution in [2.75, 3.05) is 13.1 Å². The Labute approximate surface area is 106 Å². The van der Waals surface area contributed by atoms with Crippen LogP contribution < -0.4 is 11.1 Å². The zero-order valence-corrected chi connectivity index (χ0v) is 10.1. The molecule has 5 nitrogen and oxygen atoms in total. The zero-order valence-electron chi connectivity index (χ0n) is 10.1. The lowest BCUT2D eigenvalue weighted by Crippen LogP contribution is -2.31. The molecule has 5 heteroatoms. The topological polar surface area (TPSA) is 95.6 Å². The molecular weight excluding hydrogens is 232 g/mol. The second-order valence-electron chi connectivity index (χ2n) is 4.92. The summed E-state index contributed by atoms with van der Waals surface area (Å²) in [6.45, 7) is 1.21. The van der Waals surface area contributed by atoms with Crippen LogP contribution in [0.25, 0.3) is 0 Å². The van der Waals surface area contributed by atoms with Crippen molar-refractivity contribution in [2.45, 2.75) is 19.3 Å². The van der Waals surface area contributed by atoms with Gasteiger partial charge in [-0.15, -0.1) is 0 Å². The van der Waals surface area contributed by atoms with E-state index in [4.69, 9.17) is 10.8 Å². The average Bonchev–Trinajstić information content (AvgIpc) is 3.07. The smallest absolute Gasteiger partial charge is 0.255 e. The van der Waals surface area contributed by atoms with Crippen molar-refractivity contribution in [3.8, 4) is 11.5 Å². The van der Waals surface area contributed by atoms with Crippen LogP contribution in [0, 0.1) is 5.41 Å². The number of hydrogen-bond acceptors (Lipinski definition) is 4. The van der Waals surface area contributed by atoms with Crippen LogP contribution in [0.1, 0.15) is 29.6 Å². The normalized spacial score (nSPS) is 16.3. The number of phenols is 2. The molecule has 0 bridgehead atoms. The molecule has 1 aliphatic carbocycles. The molecule has 0 atom stereocenters. The maximum absolute atomic E-state index is 11.9. The number of carbonyl (C=O) groups is 1. The summed E-state index contributed by atoms with van der Waals surface area (Å²) in [4.78, 5) is 11.9. The van der Waals surface area contributed by atoms with Crippen LogP contribution in [-0.2, 0) is 0 Å². The zero-order chi connectivity index (χ0) is 13.2. The molecule has 0 unspecified atom stereocenters. The van der Waals surface area contributed by atoms with Crippen LogP contribution in [0.15, 0.2) is 18.2 Å². The highest BCUT2D eigenvalue weighted by atomic mass is 16.3. The molecule has 0 radical (unpaired) electrons. The summed E-state index contributed by atoms with van der Waals surface area (Å²) < 4.78 is 0. The Hall–Kier alpha value is -1.75. The molecule has 0 saturated heterocycles. The minimum Gasteiger partial charge on any atom is -0.508 e. The lowest BCUT2D eigenvalue weighted by Gasteiger charge is -2.15. The molecule has 98 valence electrons.